The molecule has 0 radical (unpaired) electrons. The standard InChI is InChI=1S/C16H16FN3/c1-2-5-19-10-14-7-15(17)3-4-16(14)13-6-12(8-18)9-20-11-13/h3-4,6-7,9,11,19H,2,5,10H2,1H3. The number of hydrogen-bond acceptors (Lipinski definition) is 3. The molecule has 1 N–H and O–H groups in total. The number of aromatic nitrogens is 1. The molecule has 0 aliphatic carbocycles. The molecule has 0 aliphatic rings. The molecule has 20 heavy (non-hydrogen) atoms. The number of nitrogens with one attached hydrogen (secondary N) is 1. The van der Waals surface area contributed by atoms with E-state index in [4.69, 9.17) is 5.26 Å². The van der Waals surface area contributed by atoms with Crippen molar-refractivity contribution >= 4 is 0 Å². The van der Waals surface area contributed by atoms with Gasteiger partial charge in [-0.25, -0.2) is 4.39 Å². The Morgan fingerprint density at radius 2 is 2.15 bits per heavy atom. The molecule has 1 aromatic carbocycles. The van der Waals surface area contributed by atoms with Gasteiger partial charge in [-0.15, -0.1) is 0 Å². The Bertz CT molecular complexity index is 632. The average Bonchev–Trinajstić information content (AvgIpc) is 2.48. The quantitative estimate of drug-likeness (QED) is 0.847. The van der Waals surface area contributed by atoms with E-state index in [1.807, 2.05) is 0 Å². The van der Waals surface area contributed by atoms with Crippen molar-refractivity contribution in [3.05, 3.63) is 53.6 Å². The molecule has 1 aromatic heterocycles. The summed E-state index contributed by atoms with van der Waals surface area (Å²) in [4.78, 5) is 4.06. The molecular weight excluding hydrogens is 253 g/mol. The number of halogens is 1. The smallest absolute Gasteiger partial charge is 0.123 e. The summed E-state index contributed by atoms with van der Waals surface area (Å²) in [6.45, 7) is 3.56. The Morgan fingerprint density at radius 1 is 1.30 bits per heavy atom. The van der Waals surface area contributed by atoms with Crippen LogP contribution in [-0.4, -0.2) is 11.5 Å². The van der Waals surface area contributed by atoms with Crippen LogP contribution in [0.1, 0.15) is 24.5 Å². The monoisotopic (exact) mass is 269 g/mol. The van der Waals surface area contributed by atoms with E-state index < -0.39 is 0 Å². The van der Waals surface area contributed by atoms with Gasteiger partial charge in [-0.2, -0.15) is 5.26 Å². The lowest BCUT2D eigenvalue weighted by atomic mass is 10.00. The largest absolute Gasteiger partial charge is 0.313 e. The van der Waals surface area contributed by atoms with Crippen LogP contribution in [0.5, 0.6) is 0 Å². The van der Waals surface area contributed by atoms with Gasteiger partial charge in [0.25, 0.3) is 0 Å². The first-order valence-corrected chi connectivity index (χ1v) is 6.59. The molecular formula is C16H16FN3. The Morgan fingerprint density at radius 3 is 2.90 bits per heavy atom. The fraction of sp³-hybridized carbons (Fsp3) is 0.250. The van der Waals surface area contributed by atoms with Crippen molar-refractivity contribution in [2.75, 3.05) is 6.54 Å². The predicted molar refractivity (Wildman–Crippen MR) is 76.3 cm³/mol. The van der Waals surface area contributed by atoms with Crippen LogP contribution in [-0.2, 0) is 6.54 Å². The molecule has 102 valence electrons. The number of nitrogens with zero attached hydrogens (tertiary/aromatic N) is 2. The Balaban J connectivity index is 2.36. The maximum atomic E-state index is 13.4. The lowest BCUT2D eigenvalue weighted by molar-refractivity contribution is 0.619. The van der Waals surface area contributed by atoms with Crippen molar-refractivity contribution in [1.82, 2.24) is 10.3 Å². The highest BCUT2D eigenvalue weighted by molar-refractivity contribution is 5.67. The van der Waals surface area contributed by atoms with E-state index in [0.29, 0.717) is 12.1 Å². The SMILES string of the molecule is CCCNCc1cc(F)ccc1-c1cncc(C#N)c1. The minimum atomic E-state index is -0.258. The summed E-state index contributed by atoms with van der Waals surface area (Å²) in [6.07, 6.45) is 4.23. The van der Waals surface area contributed by atoms with Crippen molar-refractivity contribution in [3.63, 3.8) is 0 Å². The van der Waals surface area contributed by atoms with E-state index in [1.54, 1.807) is 18.3 Å². The normalized spacial score (nSPS) is 10.2. The number of nitriles is 1. The summed E-state index contributed by atoms with van der Waals surface area (Å²) < 4.78 is 13.4. The molecule has 3 nitrogen and oxygen atoms in total. The highest BCUT2D eigenvalue weighted by Crippen LogP contribution is 2.24. The van der Waals surface area contributed by atoms with Crippen molar-refractivity contribution in [3.8, 4) is 17.2 Å². The molecule has 0 unspecified atom stereocenters. The summed E-state index contributed by atoms with van der Waals surface area (Å²) in [5, 5.41) is 12.2. The minimum absolute atomic E-state index is 0.258. The van der Waals surface area contributed by atoms with E-state index in [-0.39, 0.29) is 5.82 Å². The predicted octanol–water partition coefficient (Wildman–Crippen LogP) is 3.26. The van der Waals surface area contributed by atoms with Crippen LogP contribution in [0.3, 0.4) is 0 Å². The van der Waals surface area contributed by atoms with E-state index in [0.717, 1.165) is 29.7 Å². The highest BCUT2D eigenvalue weighted by Gasteiger charge is 2.07. The van der Waals surface area contributed by atoms with Crippen molar-refractivity contribution in [1.29, 1.82) is 5.26 Å². The van der Waals surface area contributed by atoms with Crippen molar-refractivity contribution in [2.45, 2.75) is 19.9 Å². The van der Waals surface area contributed by atoms with Gasteiger partial charge in [0, 0.05) is 24.5 Å². The second-order valence-corrected chi connectivity index (χ2v) is 4.55. The van der Waals surface area contributed by atoms with E-state index >= 15 is 0 Å². The zero-order valence-electron chi connectivity index (χ0n) is 11.4. The molecule has 0 aliphatic heterocycles. The van der Waals surface area contributed by atoms with Gasteiger partial charge >= 0.3 is 0 Å². The second-order valence-electron chi connectivity index (χ2n) is 4.55. The summed E-state index contributed by atoms with van der Waals surface area (Å²) in [5.41, 5.74) is 3.10. The molecule has 0 fully saturated rings. The fourth-order valence-electron chi connectivity index (χ4n) is 2.04. The van der Waals surface area contributed by atoms with Crippen LogP contribution >= 0.6 is 0 Å². The summed E-state index contributed by atoms with van der Waals surface area (Å²) in [6, 6.07) is 8.52. The van der Waals surface area contributed by atoms with Gasteiger partial charge in [0.1, 0.15) is 11.9 Å². The van der Waals surface area contributed by atoms with Crippen LogP contribution in [0, 0.1) is 17.1 Å². The van der Waals surface area contributed by atoms with Gasteiger partial charge in [-0.1, -0.05) is 13.0 Å². The Kier molecular flexibility index (Phi) is 4.80. The van der Waals surface area contributed by atoms with Crippen LogP contribution in [0.15, 0.2) is 36.7 Å². The van der Waals surface area contributed by atoms with Crippen molar-refractivity contribution in [2.24, 2.45) is 0 Å². The molecule has 0 bridgehead atoms. The zero-order chi connectivity index (χ0) is 14.4. The van der Waals surface area contributed by atoms with Crippen LogP contribution in [0.25, 0.3) is 11.1 Å². The molecule has 0 atom stereocenters. The van der Waals surface area contributed by atoms with Crippen LogP contribution < -0.4 is 5.32 Å². The number of rotatable bonds is 5. The third kappa shape index (κ3) is 3.40. The maximum Gasteiger partial charge on any atom is 0.123 e. The topological polar surface area (TPSA) is 48.7 Å². The lowest BCUT2D eigenvalue weighted by Crippen LogP contribution is -2.14. The molecule has 2 aromatic rings. The van der Waals surface area contributed by atoms with E-state index in [1.165, 1.54) is 18.3 Å². The summed E-state index contributed by atoms with van der Waals surface area (Å²) in [5.74, 6) is -0.258. The van der Waals surface area contributed by atoms with Gasteiger partial charge in [0.15, 0.2) is 0 Å². The fourth-order valence-corrected chi connectivity index (χ4v) is 2.04. The molecule has 0 saturated heterocycles. The van der Waals surface area contributed by atoms with Crippen LogP contribution in [0.4, 0.5) is 4.39 Å². The molecule has 2 rings (SSSR count). The zero-order valence-corrected chi connectivity index (χ0v) is 11.4. The van der Waals surface area contributed by atoms with Crippen molar-refractivity contribution < 1.29 is 4.39 Å². The van der Waals surface area contributed by atoms with Gasteiger partial charge in [-0.05, 0) is 42.3 Å². The first kappa shape index (κ1) is 14.2. The Hall–Kier alpha value is -2.25. The minimum Gasteiger partial charge on any atom is -0.313 e. The summed E-state index contributed by atoms with van der Waals surface area (Å²) in [7, 11) is 0. The lowest BCUT2D eigenvalue weighted by Gasteiger charge is -2.11. The maximum absolute atomic E-state index is 13.4. The number of hydrogen-bond donors (Lipinski definition) is 1. The Labute approximate surface area is 118 Å². The highest BCUT2D eigenvalue weighted by atomic mass is 19.1. The van der Waals surface area contributed by atoms with Gasteiger partial charge in [-0.3, -0.25) is 4.98 Å². The number of pyridine rings is 1. The molecule has 0 amide bonds. The molecule has 4 heteroatoms. The first-order chi connectivity index (χ1) is 9.74. The van der Waals surface area contributed by atoms with E-state index in [2.05, 4.69) is 23.3 Å². The third-order valence-corrected chi connectivity index (χ3v) is 2.99. The summed E-state index contributed by atoms with van der Waals surface area (Å²) >= 11 is 0. The average molecular weight is 269 g/mol. The first-order valence-electron chi connectivity index (χ1n) is 6.59. The molecule has 0 saturated carbocycles. The van der Waals surface area contributed by atoms with Crippen LogP contribution in [0.2, 0.25) is 0 Å². The van der Waals surface area contributed by atoms with Gasteiger partial charge in [0.2, 0.25) is 0 Å². The molecule has 0 spiro atoms. The third-order valence-electron chi connectivity index (χ3n) is 2.99. The van der Waals surface area contributed by atoms with Gasteiger partial charge < -0.3 is 5.32 Å². The van der Waals surface area contributed by atoms with E-state index in [9.17, 15) is 4.39 Å². The van der Waals surface area contributed by atoms with Gasteiger partial charge in [0.05, 0.1) is 5.56 Å². The second kappa shape index (κ2) is 6.78. The molecule has 1 heterocycles. The number of benzene rings is 1.